The van der Waals surface area contributed by atoms with Crippen molar-refractivity contribution >= 4 is 29.4 Å². The molecule has 0 atom stereocenters. The van der Waals surface area contributed by atoms with Crippen LogP contribution >= 0.6 is 11.6 Å². The Morgan fingerprint density at radius 3 is 1.93 bits per heavy atom. The van der Waals surface area contributed by atoms with Gasteiger partial charge in [-0.25, -0.2) is 4.79 Å². The fraction of sp³-hybridized carbons (Fsp3) is 0.154. The second kappa shape index (κ2) is 9.10. The van der Waals surface area contributed by atoms with Gasteiger partial charge in [-0.1, -0.05) is 62.7 Å². The van der Waals surface area contributed by atoms with Gasteiger partial charge in [0.25, 0.3) is 0 Å². The quantitative estimate of drug-likeness (QED) is 0.199. The molecule has 0 aromatic heterocycles. The smallest absolute Gasteiger partial charge is 0.343 e. The normalized spacial score (nSPS) is 11.5. The zero-order chi connectivity index (χ0) is 21.7. The first-order valence-electron chi connectivity index (χ1n) is 9.63. The molecule has 152 valence electrons. The van der Waals surface area contributed by atoms with E-state index in [0.717, 1.165) is 11.1 Å². The molecule has 0 radical (unpaired) electrons. The lowest BCUT2D eigenvalue weighted by Gasteiger charge is -2.18. The van der Waals surface area contributed by atoms with Gasteiger partial charge in [-0.15, -0.1) is 0 Å². The van der Waals surface area contributed by atoms with Crippen LogP contribution < -0.4 is 4.74 Å². The lowest BCUT2D eigenvalue weighted by Crippen LogP contribution is -2.13. The van der Waals surface area contributed by atoms with E-state index in [4.69, 9.17) is 16.3 Å². The first kappa shape index (κ1) is 21.5. The minimum atomic E-state index is -0.433. The van der Waals surface area contributed by atoms with Crippen molar-refractivity contribution in [2.75, 3.05) is 0 Å². The Bertz CT molecular complexity index is 1060. The van der Waals surface area contributed by atoms with Crippen LogP contribution in [0.15, 0.2) is 78.9 Å². The molecule has 0 heterocycles. The second-order valence-corrected chi connectivity index (χ2v) is 8.43. The molecule has 30 heavy (non-hydrogen) atoms. The highest BCUT2D eigenvalue weighted by Gasteiger charge is 2.15. The molecule has 3 aromatic rings. The number of benzene rings is 3. The largest absolute Gasteiger partial charge is 0.423 e. The zero-order valence-corrected chi connectivity index (χ0v) is 17.9. The molecule has 0 N–H and O–H groups in total. The summed E-state index contributed by atoms with van der Waals surface area (Å²) in [7, 11) is 0. The first-order valence-corrected chi connectivity index (χ1v) is 10.0. The predicted octanol–water partition coefficient (Wildman–Crippen LogP) is 6.75. The third-order valence-corrected chi connectivity index (χ3v) is 4.89. The Hall–Kier alpha value is -3.17. The maximum absolute atomic E-state index is 12.4. The Kier molecular flexibility index (Phi) is 6.53. The summed E-state index contributed by atoms with van der Waals surface area (Å²) in [6.45, 7) is 6.36. The minimum absolute atomic E-state index is 0.0206. The molecule has 0 amide bonds. The number of carbonyl (C=O) groups excluding carboxylic acids is 2. The van der Waals surface area contributed by atoms with E-state index in [-0.39, 0.29) is 11.2 Å². The average Bonchev–Trinajstić information content (AvgIpc) is 2.73. The highest BCUT2D eigenvalue weighted by molar-refractivity contribution is 6.30. The van der Waals surface area contributed by atoms with E-state index in [1.54, 1.807) is 54.6 Å². The first-order chi connectivity index (χ1) is 14.2. The van der Waals surface area contributed by atoms with Gasteiger partial charge in [0.1, 0.15) is 5.75 Å². The second-order valence-electron chi connectivity index (χ2n) is 7.99. The number of ether oxygens (including phenoxy) is 1. The summed E-state index contributed by atoms with van der Waals surface area (Å²) < 4.78 is 5.42. The molecule has 0 fully saturated rings. The molecule has 4 heteroatoms. The van der Waals surface area contributed by atoms with Crippen molar-refractivity contribution in [3.05, 3.63) is 106 Å². The highest BCUT2D eigenvalue weighted by Crippen LogP contribution is 2.23. The molecule has 0 unspecified atom stereocenters. The van der Waals surface area contributed by atoms with Crippen molar-refractivity contribution in [1.82, 2.24) is 0 Å². The molecule has 0 aliphatic carbocycles. The van der Waals surface area contributed by atoms with E-state index < -0.39 is 5.97 Å². The Balaban J connectivity index is 1.63. The molecule has 0 saturated heterocycles. The molecular formula is C26H23ClO3. The standard InChI is InChI=1S/C26H23ClO3/c1-26(2,3)21-11-7-20(8-12-21)25(29)30-23-15-9-19(10-16-23)24(28)17-6-18-4-13-22(27)14-5-18/h4-17H,1-3H3/b17-6+. The number of carbonyl (C=O) groups is 2. The lowest BCUT2D eigenvalue weighted by molar-refractivity contribution is 0.0734. The molecule has 3 rings (SSSR count). The number of hydrogen-bond acceptors (Lipinski definition) is 3. The minimum Gasteiger partial charge on any atom is -0.423 e. The van der Waals surface area contributed by atoms with Crippen LogP contribution in [0.5, 0.6) is 5.75 Å². The van der Waals surface area contributed by atoms with Crippen molar-refractivity contribution in [1.29, 1.82) is 0 Å². The van der Waals surface area contributed by atoms with Crippen LogP contribution in [-0.2, 0) is 5.41 Å². The van der Waals surface area contributed by atoms with Gasteiger partial charge in [-0.05, 0) is 71.1 Å². The molecule has 0 spiro atoms. The van der Waals surface area contributed by atoms with Crippen molar-refractivity contribution in [3.63, 3.8) is 0 Å². The molecule has 0 aliphatic rings. The number of rotatable bonds is 5. The monoisotopic (exact) mass is 418 g/mol. The van der Waals surface area contributed by atoms with Crippen LogP contribution in [0.4, 0.5) is 0 Å². The van der Waals surface area contributed by atoms with Crippen molar-refractivity contribution < 1.29 is 14.3 Å². The van der Waals surface area contributed by atoms with Crippen LogP contribution in [-0.4, -0.2) is 11.8 Å². The van der Waals surface area contributed by atoms with Gasteiger partial charge in [0.05, 0.1) is 5.56 Å². The van der Waals surface area contributed by atoms with E-state index in [9.17, 15) is 9.59 Å². The third kappa shape index (κ3) is 5.68. The number of allylic oxidation sites excluding steroid dienone is 1. The molecular weight excluding hydrogens is 396 g/mol. The Labute approximate surface area is 182 Å². The van der Waals surface area contributed by atoms with Crippen LogP contribution in [0.3, 0.4) is 0 Å². The zero-order valence-electron chi connectivity index (χ0n) is 17.2. The Morgan fingerprint density at radius 2 is 1.37 bits per heavy atom. The summed E-state index contributed by atoms with van der Waals surface area (Å²) in [5, 5.41) is 0.647. The van der Waals surface area contributed by atoms with Gasteiger partial charge in [0.15, 0.2) is 5.78 Å². The average molecular weight is 419 g/mol. The fourth-order valence-electron chi connectivity index (χ4n) is 2.80. The van der Waals surface area contributed by atoms with E-state index in [1.165, 1.54) is 6.08 Å². The van der Waals surface area contributed by atoms with Gasteiger partial charge >= 0.3 is 5.97 Å². The van der Waals surface area contributed by atoms with Crippen molar-refractivity contribution in [2.45, 2.75) is 26.2 Å². The van der Waals surface area contributed by atoms with Crippen LogP contribution in [0, 0.1) is 0 Å². The van der Waals surface area contributed by atoms with Crippen LogP contribution in [0.25, 0.3) is 6.08 Å². The van der Waals surface area contributed by atoms with Gasteiger partial charge in [-0.2, -0.15) is 0 Å². The molecule has 3 aromatic carbocycles. The third-order valence-electron chi connectivity index (χ3n) is 4.63. The van der Waals surface area contributed by atoms with E-state index in [1.807, 2.05) is 24.3 Å². The molecule has 3 nitrogen and oxygen atoms in total. The number of hydrogen-bond donors (Lipinski definition) is 0. The van der Waals surface area contributed by atoms with E-state index >= 15 is 0 Å². The summed E-state index contributed by atoms with van der Waals surface area (Å²) in [6.07, 6.45) is 3.23. The topological polar surface area (TPSA) is 43.4 Å². The van der Waals surface area contributed by atoms with E-state index in [0.29, 0.717) is 21.9 Å². The molecule has 0 aliphatic heterocycles. The summed E-state index contributed by atoms with van der Waals surface area (Å²) in [5.41, 5.74) is 3.04. The lowest BCUT2D eigenvalue weighted by atomic mass is 9.87. The SMILES string of the molecule is CC(C)(C)c1ccc(C(=O)Oc2ccc(C(=O)/C=C/c3ccc(Cl)cc3)cc2)cc1. The Morgan fingerprint density at radius 1 is 0.800 bits per heavy atom. The maximum atomic E-state index is 12.4. The van der Waals surface area contributed by atoms with Crippen LogP contribution in [0.2, 0.25) is 5.02 Å². The summed E-state index contributed by atoms with van der Waals surface area (Å²) >= 11 is 5.86. The molecule has 0 saturated carbocycles. The van der Waals surface area contributed by atoms with Gasteiger partial charge < -0.3 is 4.74 Å². The molecule has 0 bridgehead atoms. The summed E-state index contributed by atoms with van der Waals surface area (Å²) in [5.74, 6) is -0.184. The highest BCUT2D eigenvalue weighted by atomic mass is 35.5. The van der Waals surface area contributed by atoms with Crippen LogP contribution in [0.1, 0.15) is 52.6 Å². The fourth-order valence-corrected chi connectivity index (χ4v) is 2.93. The van der Waals surface area contributed by atoms with Crippen molar-refractivity contribution in [3.8, 4) is 5.75 Å². The van der Waals surface area contributed by atoms with Gasteiger partial charge in [0, 0.05) is 10.6 Å². The maximum Gasteiger partial charge on any atom is 0.343 e. The van der Waals surface area contributed by atoms with Gasteiger partial charge in [-0.3, -0.25) is 4.79 Å². The number of esters is 1. The number of ketones is 1. The van der Waals surface area contributed by atoms with Crippen molar-refractivity contribution in [2.24, 2.45) is 0 Å². The van der Waals surface area contributed by atoms with E-state index in [2.05, 4.69) is 20.8 Å². The predicted molar refractivity (Wildman–Crippen MR) is 121 cm³/mol. The number of halogens is 1. The summed E-state index contributed by atoms with van der Waals surface area (Å²) in [6, 6.07) is 21.1. The van der Waals surface area contributed by atoms with Gasteiger partial charge in [0.2, 0.25) is 0 Å². The summed E-state index contributed by atoms with van der Waals surface area (Å²) in [4.78, 5) is 24.7.